The Morgan fingerprint density at radius 2 is 2.33 bits per heavy atom. The van der Waals surface area contributed by atoms with Gasteiger partial charge in [-0.1, -0.05) is 13.8 Å². The van der Waals surface area contributed by atoms with E-state index in [0.29, 0.717) is 12.0 Å². The van der Waals surface area contributed by atoms with Gasteiger partial charge in [0.15, 0.2) is 0 Å². The fourth-order valence-electron chi connectivity index (χ4n) is 1.88. The molecule has 0 atom stereocenters. The summed E-state index contributed by atoms with van der Waals surface area (Å²) in [6, 6.07) is 0.499. The number of hydrogen-bond donors (Lipinski definition) is 1. The Kier molecular flexibility index (Phi) is 2.50. The van der Waals surface area contributed by atoms with E-state index in [4.69, 9.17) is 5.11 Å². The Balaban J connectivity index is 2.33. The van der Waals surface area contributed by atoms with Crippen LogP contribution in [-0.4, -0.2) is 20.6 Å². The summed E-state index contributed by atoms with van der Waals surface area (Å²) in [6.07, 6.45) is 4.10. The molecule has 4 nitrogen and oxygen atoms in total. The minimum Gasteiger partial charge on any atom is -0.481 e. The fourth-order valence-corrected chi connectivity index (χ4v) is 1.88. The first-order valence-electron chi connectivity index (χ1n) is 5.37. The number of imidazole rings is 1. The number of aromatic nitrogens is 2. The summed E-state index contributed by atoms with van der Waals surface area (Å²) in [4.78, 5) is 15.0. The zero-order valence-electron chi connectivity index (χ0n) is 9.10. The summed E-state index contributed by atoms with van der Waals surface area (Å²) in [5.74, 6) is 0.592. The second kappa shape index (κ2) is 3.68. The van der Waals surface area contributed by atoms with E-state index in [1.165, 1.54) is 0 Å². The van der Waals surface area contributed by atoms with Gasteiger partial charge in [-0.3, -0.25) is 4.79 Å². The van der Waals surface area contributed by atoms with E-state index in [0.717, 1.165) is 24.4 Å². The molecular formula is C11H16N2O2. The van der Waals surface area contributed by atoms with Gasteiger partial charge in [-0.05, 0) is 12.8 Å². The van der Waals surface area contributed by atoms with Gasteiger partial charge >= 0.3 is 5.97 Å². The molecular weight excluding hydrogens is 192 g/mol. The quantitative estimate of drug-likeness (QED) is 0.823. The van der Waals surface area contributed by atoms with Crippen molar-refractivity contribution in [2.24, 2.45) is 0 Å². The van der Waals surface area contributed by atoms with Crippen LogP contribution in [0.3, 0.4) is 0 Å². The second-order valence-corrected chi connectivity index (χ2v) is 4.43. The normalized spacial score (nSPS) is 15.9. The third kappa shape index (κ3) is 2.03. The predicted molar refractivity (Wildman–Crippen MR) is 55.9 cm³/mol. The van der Waals surface area contributed by atoms with Crippen LogP contribution < -0.4 is 0 Å². The van der Waals surface area contributed by atoms with Gasteiger partial charge in [0, 0.05) is 23.9 Å². The van der Waals surface area contributed by atoms with Gasteiger partial charge in [-0.25, -0.2) is 4.98 Å². The highest BCUT2D eigenvalue weighted by atomic mass is 16.4. The minimum absolute atomic E-state index is 0.0796. The Labute approximate surface area is 88.9 Å². The van der Waals surface area contributed by atoms with Crippen molar-refractivity contribution in [1.82, 2.24) is 9.55 Å². The summed E-state index contributed by atoms with van der Waals surface area (Å²) >= 11 is 0. The summed E-state index contributed by atoms with van der Waals surface area (Å²) in [5, 5.41) is 8.80. The molecule has 1 aromatic heterocycles. The first kappa shape index (κ1) is 10.2. The first-order valence-corrected chi connectivity index (χ1v) is 5.37. The molecule has 0 amide bonds. The molecule has 1 aromatic rings. The molecule has 0 aromatic carbocycles. The molecule has 0 unspecified atom stereocenters. The zero-order chi connectivity index (χ0) is 11.0. The van der Waals surface area contributed by atoms with Crippen LogP contribution in [0.15, 0.2) is 6.20 Å². The molecule has 0 bridgehead atoms. The van der Waals surface area contributed by atoms with Crippen LogP contribution in [0.1, 0.15) is 50.2 Å². The Morgan fingerprint density at radius 3 is 2.80 bits per heavy atom. The number of hydrogen-bond acceptors (Lipinski definition) is 2. The summed E-state index contributed by atoms with van der Waals surface area (Å²) in [5.41, 5.74) is 0.841. The van der Waals surface area contributed by atoms with Crippen molar-refractivity contribution in [2.45, 2.75) is 45.1 Å². The molecule has 15 heavy (non-hydrogen) atoms. The SMILES string of the molecule is CC(C)c1ncc(CC(=O)O)n1C1CC1. The molecule has 0 radical (unpaired) electrons. The van der Waals surface area contributed by atoms with Gasteiger partial charge in [0.05, 0.1) is 6.42 Å². The topological polar surface area (TPSA) is 55.1 Å². The highest BCUT2D eigenvalue weighted by molar-refractivity contribution is 5.69. The van der Waals surface area contributed by atoms with Crippen molar-refractivity contribution < 1.29 is 9.90 Å². The molecule has 1 heterocycles. The molecule has 0 spiro atoms. The van der Waals surface area contributed by atoms with Crippen LogP contribution in [0.2, 0.25) is 0 Å². The molecule has 1 aliphatic rings. The van der Waals surface area contributed by atoms with Crippen LogP contribution >= 0.6 is 0 Å². The van der Waals surface area contributed by atoms with Crippen molar-refractivity contribution in [3.05, 3.63) is 17.7 Å². The predicted octanol–water partition coefficient (Wildman–Crippen LogP) is 1.97. The maximum atomic E-state index is 10.7. The lowest BCUT2D eigenvalue weighted by Crippen LogP contribution is -2.10. The number of nitrogens with zero attached hydrogens (tertiary/aromatic N) is 2. The van der Waals surface area contributed by atoms with E-state index in [1.54, 1.807) is 6.20 Å². The smallest absolute Gasteiger partial charge is 0.309 e. The fraction of sp³-hybridized carbons (Fsp3) is 0.636. The van der Waals surface area contributed by atoms with Gasteiger partial charge in [0.25, 0.3) is 0 Å². The molecule has 0 saturated heterocycles. The molecule has 2 rings (SSSR count). The molecule has 1 N–H and O–H groups in total. The van der Waals surface area contributed by atoms with E-state index in [-0.39, 0.29) is 6.42 Å². The van der Waals surface area contributed by atoms with Gasteiger partial charge in [0.1, 0.15) is 5.82 Å². The number of carbonyl (C=O) groups is 1. The monoisotopic (exact) mass is 208 g/mol. The van der Waals surface area contributed by atoms with Crippen LogP contribution in [0.5, 0.6) is 0 Å². The van der Waals surface area contributed by atoms with Crippen LogP contribution in [-0.2, 0) is 11.2 Å². The lowest BCUT2D eigenvalue weighted by atomic mass is 10.2. The molecule has 82 valence electrons. The third-order valence-electron chi connectivity index (χ3n) is 2.66. The van der Waals surface area contributed by atoms with Crippen molar-refractivity contribution in [3.63, 3.8) is 0 Å². The van der Waals surface area contributed by atoms with Gasteiger partial charge < -0.3 is 9.67 Å². The average Bonchev–Trinajstić information content (AvgIpc) is 2.87. The first-order chi connectivity index (χ1) is 7.09. The molecule has 1 saturated carbocycles. The lowest BCUT2D eigenvalue weighted by molar-refractivity contribution is -0.136. The summed E-state index contributed by atoms with van der Waals surface area (Å²) in [6.45, 7) is 4.18. The Hall–Kier alpha value is -1.32. The number of rotatable bonds is 4. The maximum Gasteiger partial charge on any atom is 0.309 e. The third-order valence-corrected chi connectivity index (χ3v) is 2.66. The van der Waals surface area contributed by atoms with Gasteiger partial charge in [-0.15, -0.1) is 0 Å². The summed E-state index contributed by atoms with van der Waals surface area (Å²) in [7, 11) is 0. The number of carboxylic acids is 1. The largest absolute Gasteiger partial charge is 0.481 e. The Morgan fingerprint density at radius 1 is 1.67 bits per heavy atom. The van der Waals surface area contributed by atoms with E-state index < -0.39 is 5.97 Å². The van der Waals surface area contributed by atoms with Crippen molar-refractivity contribution >= 4 is 5.97 Å². The molecule has 1 aliphatic carbocycles. The van der Waals surface area contributed by atoms with E-state index in [1.807, 2.05) is 0 Å². The Bertz CT molecular complexity index is 378. The molecule has 4 heteroatoms. The van der Waals surface area contributed by atoms with Crippen LogP contribution in [0.4, 0.5) is 0 Å². The van der Waals surface area contributed by atoms with E-state index >= 15 is 0 Å². The van der Waals surface area contributed by atoms with Crippen LogP contribution in [0.25, 0.3) is 0 Å². The van der Waals surface area contributed by atoms with Crippen molar-refractivity contribution in [1.29, 1.82) is 0 Å². The standard InChI is InChI=1S/C11H16N2O2/c1-7(2)11-12-6-9(5-10(14)15)13(11)8-3-4-8/h6-8H,3-5H2,1-2H3,(H,14,15). The van der Waals surface area contributed by atoms with Crippen LogP contribution in [0, 0.1) is 0 Å². The summed E-state index contributed by atoms with van der Waals surface area (Å²) < 4.78 is 2.12. The van der Waals surface area contributed by atoms with Crippen molar-refractivity contribution in [2.75, 3.05) is 0 Å². The average molecular weight is 208 g/mol. The van der Waals surface area contributed by atoms with Gasteiger partial charge in [-0.2, -0.15) is 0 Å². The minimum atomic E-state index is -0.785. The zero-order valence-corrected chi connectivity index (χ0v) is 9.10. The highest BCUT2D eigenvalue weighted by Gasteiger charge is 2.29. The number of aliphatic carboxylic acids is 1. The number of carboxylic acid groups (broad SMARTS) is 1. The van der Waals surface area contributed by atoms with E-state index in [9.17, 15) is 4.79 Å². The second-order valence-electron chi connectivity index (χ2n) is 4.43. The highest BCUT2D eigenvalue weighted by Crippen LogP contribution is 2.38. The van der Waals surface area contributed by atoms with E-state index in [2.05, 4.69) is 23.4 Å². The molecule has 0 aliphatic heterocycles. The van der Waals surface area contributed by atoms with Crippen molar-refractivity contribution in [3.8, 4) is 0 Å². The lowest BCUT2D eigenvalue weighted by Gasteiger charge is -2.11. The van der Waals surface area contributed by atoms with Gasteiger partial charge in [0.2, 0.25) is 0 Å². The maximum absolute atomic E-state index is 10.7. The molecule has 1 fully saturated rings.